The largest absolute Gasteiger partial charge is 2.00 e. The first-order valence-corrected chi connectivity index (χ1v) is 21.6. The minimum Gasteiger partial charge on any atom is -0.681 e. The van der Waals surface area contributed by atoms with Crippen LogP contribution in [0, 0.1) is 37.5 Å². The first-order valence-electron chi connectivity index (χ1n) is 21.6. The number of hydrogen-bond acceptors (Lipinski definition) is 6. The average molecular weight is 837 g/mol. The molecule has 4 atom stereocenters. The summed E-state index contributed by atoms with van der Waals surface area (Å²) < 4.78 is 10.9. The molecule has 1 saturated heterocycles. The molecule has 0 spiro atoms. The summed E-state index contributed by atoms with van der Waals surface area (Å²) in [6.07, 6.45) is 18.3. The number of carbonyl (C=O) groups excluding carboxylic acids is 4. The number of carbonyl (C=O) groups is 4. The van der Waals surface area contributed by atoms with Crippen LogP contribution in [0.5, 0.6) is 0 Å². The summed E-state index contributed by atoms with van der Waals surface area (Å²) in [5.41, 5.74) is 8.24. The molecule has 5 heterocycles. The molecular weight excluding hydrogens is 777 g/mol. The van der Waals surface area contributed by atoms with E-state index < -0.39 is 17.8 Å². The van der Waals surface area contributed by atoms with Gasteiger partial charge in [0.2, 0.25) is 0 Å². The fourth-order valence-electron chi connectivity index (χ4n) is 9.14. The maximum Gasteiger partial charge on any atom is 2.00 e. The van der Waals surface area contributed by atoms with E-state index in [0.717, 1.165) is 41.7 Å². The van der Waals surface area contributed by atoms with E-state index in [4.69, 9.17) is 29.7 Å². The van der Waals surface area contributed by atoms with Crippen LogP contribution >= 0.6 is 0 Å². The number of ketones is 1. The number of rotatable bonds is 17. The van der Waals surface area contributed by atoms with Crippen LogP contribution < -0.4 is 25.7 Å². The zero-order valence-electron chi connectivity index (χ0n) is 37.6. The van der Waals surface area contributed by atoms with Crippen molar-refractivity contribution in [2.45, 2.75) is 119 Å². The fourth-order valence-corrected chi connectivity index (χ4v) is 9.14. The van der Waals surface area contributed by atoms with E-state index in [-0.39, 0.29) is 59.5 Å². The second kappa shape index (κ2) is 20.5. The van der Waals surface area contributed by atoms with Crippen LogP contribution in [0.3, 0.4) is 0 Å². The molecule has 61 heavy (non-hydrogen) atoms. The van der Waals surface area contributed by atoms with E-state index in [1.165, 1.54) is 38.4 Å². The van der Waals surface area contributed by atoms with Gasteiger partial charge in [-0.1, -0.05) is 125 Å². The third kappa shape index (κ3) is 9.88. The molecule has 6 rings (SSSR count). The Kier molecular flexibility index (Phi) is 15.9. The maximum absolute atomic E-state index is 14.3. The van der Waals surface area contributed by atoms with Crippen molar-refractivity contribution >= 4 is 76.9 Å². The van der Waals surface area contributed by atoms with E-state index in [1.807, 2.05) is 39.0 Å². The van der Waals surface area contributed by atoms with Crippen molar-refractivity contribution < 1.29 is 28.7 Å². The predicted octanol–water partition coefficient (Wildman–Crippen LogP) is 7.86. The van der Waals surface area contributed by atoms with Gasteiger partial charge in [0.1, 0.15) is 18.5 Å². The number of allylic oxidation sites excluding steroid dienone is 2. The van der Waals surface area contributed by atoms with Gasteiger partial charge in [-0.25, -0.2) is 4.79 Å². The molecule has 320 valence electrons. The normalized spacial score (nSPS) is 20.5. The van der Waals surface area contributed by atoms with E-state index in [1.54, 1.807) is 19.1 Å². The molecule has 3 aliphatic rings. The SMILES string of the molecule is C=Cc1c2[n-]c(c1C)/C=C1\[N-]C(C3=C(C(=O)OC)C(=O)c4c3[n-]c(c4C)/C=c3\[n-]/c(c(C=O)c3CC)=C\2)[C@@H](CCC(=O)OC/C=C(\C)CCC[C@H](C)CCCC(C)C)[C@@H]1C.[Mg+2]. The van der Waals surface area contributed by atoms with Gasteiger partial charge in [0.05, 0.1) is 7.11 Å². The Balaban J connectivity index is 0.00000704. The summed E-state index contributed by atoms with van der Waals surface area (Å²) in [5, 5.41) is 6.30. The van der Waals surface area contributed by atoms with Gasteiger partial charge in [0.25, 0.3) is 0 Å². The molecule has 1 aliphatic carbocycles. The van der Waals surface area contributed by atoms with E-state index in [9.17, 15) is 19.2 Å². The molecule has 10 nitrogen and oxygen atoms in total. The molecule has 1 unspecified atom stereocenters. The molecule has 2 aliphatic heterocycles. The third-order valence-electron chi connectivity index (χ3n) is 12.8. The van der Waals surface area contributed by atoms with Gasteiger partial charge in [-0.3, -0.25) is 14.4 Å². The standard InChI is InChI=1S/C50H62N4O6.Mg/c1-11-33-30(7)37-23-38-31(8)35(19-20-43(56)60-22-21-29(6)18-14-17-28(5)16-13-15-27(3)4)47(53-38)45-46(50(58)59-10)49(57)44-32(9)39(54-48(44)45)24-41-34(12-2)36(26-55)42(52-41)25-40(33)51-37;/h11,21,23-28,31,35,47H,1,12-20,22H2,2-10H3,(H2-2,51,52,53,54,55,57,58);/q-2;+2/p-2/b29-21+;/t28-,31+,35+,47?;/m1./s1. The van der Waals surface area contributed by atoms with E-state index >= 15 is 0 Å². The van der Waals surface area contributed by atoms with Gasteiger partial charge < -0.3 is 29.7 Å². The van der Waals surface area contributed by atoms with Crippen LogP contribution in [0.25, 0.3) is 35.2 Å². The van der Waals surface area contributed by atoms with Gasteiger partial charge in [-0.05, 0) is 81.8 Å². The number of nitrogens with zero attached hydrogens (tertiary/aromatic N) is 4. The first-order chi connectivity index (χ1) is 28.7. The molecule has 1 fully saturated rings. The number of methoxy groups -OCH3 is 1. The number of Topliss-reactive ketones (excluding diaryl/α,β-unsaturated/α-hetero) is 1. The maximum atomic E-state index is 14.3. The van der Waals surface area contributed by atoms with Crippen LogP contribution in [0.2, 0.25) is 0 Å². The molecule has 11 heteroatoms. The van der Waals surface area contributed by atoms with Crippen LogP contribution in [0.4, 0.5) is 0 Å². The monoisotopic (exact) mass is 836 g/mol. The van der Waals surface area contributed by atoms with Crippen molar-refractivity contribution in [3.63, 3.8) is 0 Å². The van der Waals surface area contributed by atoms with Crippen molar-refractivity contribution in [2.24, 2.45) is 23.7 Å². The van der Waals surface area contributed by atoms with Crippen LogP contribution in [-0.4, -0.2) is 66.8 Å². The molecule has 3 aromatic heterocycles. The van der Waals surface area contributed by atoms with Crippen LogP contribution in [-0.2, 0) is 25.5 Å². The smallest absolute Gasteiger partial charge is 0.681 e. The van der Waals surface area contributed by atoms with Gasteiger partial charge in [-0.2, -0.15) is 5.70 Å². The summed E-state index contributed by atoms with van der Waals surface area (Å²) in [6, 6.07) is -0.694. The van der Waals surface area contributed by atoms with Gasteiger partial charge in [0, 0.05) is 17.5 Å². The third-order valence-corrected chi connectivity index (χ3v) is 12.8. The second-order valence-electron chi connectivity index (χ2n) is 17.3. The Morgan fingerprint density at radius 1 is 0.918 bits per heavy atom. The fraction of sp³-hybridized carbons (Fsp3) is 0.480. The Hall–Kier alpha value is -4.61. The van der Waals surface area contributed by atoms with Crippen molar-refractivity contribution in [3.8, 4) is 0 Å². The summed E-state index contributed by atoms with van der Waals surface area (Å²) in [6.45, 7) is 21.0. The Morgan fingerprint density at radius 3 is 2.30 bits per heavy atom. The number of ether oxygens (including phenoxy) is 2. The second-order valence-corrected chi connectivity index (χ2v) is 17.3. The molecule has 0 amide bonds. The minimum atomic E-state index is -0.760. The molecule has 0 N–H and O–H groups in total. The zero-order valence-corrected chi connectivity index (χ0v) is 39.0. The number of aromatic nitrogens is 3. The summed E-state index contributed by atoms with van der Waals surface area (Å²) in [5.74, 6) is -0.594. The first kappa shape index (κ1) is 47.4. The number of aldehydes is 1. The van der Waals surface area contributed by atoms with Gasteiger partial charge in [0.15, 0.2) is 5.78 Å². The van der Waals surface area contributed by atoms with Crippen molar-refractivity contribution in [2.75, 3.05) is 13.7 Å². The van der Waals surface area contributed by atoms with Gasteiger partial charge >= 0.3 is 35.0 Å². The predicted molar refractivity (Wildman–Crippen MR) is 242 cm³/mol. The summed E-state index contributed by atoms with van der Waals surface area (Å²) in [7, 11) is 1.26. The zero-order chi connectivity index (χ0) is 43.4. The van der Waals surface area contributed by atoms with E-state index in [0.29, 0.717) is 80.2 Å². The number of fused-ring (bicyclic) bond motifs is 8. The topological polar surface area (TPSA) is 143 Å². The Morgan fingerprint density at radius 2 is 1.62 bits per heavy atom. The molecule has 3 aromatic rings. The Bertz CT molecular complexity index is 2400. The van der Waals surface area contributed by atoms with Crippen molar-refractivity contribution in [3.05, 3.63) is 102 Å². The summed E-state index contributed by atoms with van der Waals surface area (Å²) >= 11 is 0. The molecule has 0 radical (unpaired) electrons. The van der Waals surface area contributed by atoms with E-state index in [2.05, 4.69) is 34.3 Å². The molecule has 0 aromatic carbocycles. The molecule has 8 bridgehead atoms. The number of hydrogen-bond donors (Lipinski definition) is 0. The van der Waals surface area contributed by atoms with Gasteiger partial charge in [-0.15, -0.1) is 33.5 Å². The molecular formula is C50H60MgN4O6-2. The quantitative estimate of drug-likeness (QED) is 0.0437. The molecule has 0 saturated carbocycles. The minimum absolute atomic E-state index is 0. The van der Waals surface area contributed by atoms with Crippen molar-refractivity contribution in [1.82, 2.24) is 15.0 Å². The Labute approximate surface area is 377 Å². The average Bonchev–Trinajstić information content (AvgIpc) is 3.96. The van der Waals surface area contributed by atoms with Crippen LogP contribution in [0.1, 0.15) is 159 Å². The summed E-state index contributed by atoms with van der Waals surface area (Å²) in [4.78, 5) is 68.6. The van der Waals surface area contributed by atoms with Crippen LogP contribution in [0.15, 0.2) is 29.5 Å². The number of esters is 2. The van der Waals surface area contributed by atoms with Crippen molar-refractivity contribution in [1.29, 1.82) is 0 Å².